The van der Waals surface area contributed by atoms with Gasteiger partial charge in [-0.15, -0.1) is 0 Å². The molecule has 0 radical (unpaired) electrons. The van der Waals surface area contributed by atoms with Gasteiger partial charge < -0.3 is 4.90 Å². The predicted molar refractivity (Wildman–Crippen MR) is 205 cm³/mol. The van der Waals surface area contributed by atoms with E-state index in [1.807, 2.05) is 0 Å². The van der Waals surface area contributed by atoms with E-state index in [1.54, 1.807) is 0 Å². The minimum Gasteiger partial charge on any atom is -0.309 e. The van der Waals surface area contributed by atoms with Gasteiger partial charge in [0.15, 0.2) is 0 Å². The fourth-order valence-corrected chi connectivity index (χ4v) is 7.91. The highest BCUT2D eigenvalue weighted by Crippen LogP contribution is 2.57. The molecule has 1 aliphatic carbocycles. The Kier molecular flexibility index (Phi) is 6.55. The van der Waals surface area contributed by atoms with Gasteiger partial charge >= 0.3 is 0 Å². The lowest BCUT2D eigenvalue weighted by atomic mass is 9.81. The summed E-state index contributed by atoms with van der Waals surface area (Å²) in [4.78, 5) is 2.51. The molecule has 8 aromatic carbocycles. The van der Waals surface area contributed by atoms with Crippen molar-refractivity contribution >= 4 is 38.6 Å². The van der Waals surface area contributed by atoms with E-state index >= 15 is 0 Å². The second-order valence-corrected chi connectivity index (χ2v) is 13.3. The summed E-state index contributed by atoms with van der Waals surface area (Å²) < 4.78 is 0. The number of fused-ring (bicyclic) bond motifs is 6. The average molecular weight is 614 g/mol. The van der Waals surface area contributed by atoms with E-state index in [4.69, 9.17) is 0 Å². The van der Waals surface area contributed by atoms with Crippen LogP contribution in [0.25, 0.3) is 54.9 Å². The van der Waals surface area contributed by atoms with Gasteiger partial charge in [-0.3, -0.25) is 0 Å². The lowest BCUT2D eigenvalue weighted by molar-refractivity contribution is 0.661. The number of para-hydroxylation sites is 1. The SMILES string of the molecule is CC1(C)c2ccccc2-c2c1cc1c(ccc3ccccc31)c2N(c1ccccc1)c1ccc(-c2ccccc2)c(-c2ccccc2)c1. The molecule has 48 heavy (non-hydrogen) atoms. The Bertz CT molecular complexity index is 2460. The molecular formula is C47H35N. The van der Waals surface area contributed by atoms with Crippen molar-refractivity contribution in [3.8, 4) is 33.4 Å². The fourth-order valence-electron chi connectivity index (χ4n) is 7.91. The van der Waals surface area contributed by atoms with Crippen LogP contribution in [0.3, 0.4) is 0 Å². The number of hydrogen-bond donors (Lipinski definition) is 0. The van der Waals surface area contributed by atoms with Crippen LogP contribution in [0.2, 0.25) is 0 Å². The van der Waals surface area contributed by atoms with Crippen LogP contribution >= 0.6 is 0 Å². The van der Waals surface area contributed by atoms with E-state index in [0.29, 0.717) is 0 Å². The molecule has 1 aliphatic rings. The first-order valence-corrected chi connectivity index (χ1v) is 16.8. The van der Waals surface area contributed by atoms with Crippen LogP contribution in [0.1, 0.15) is 25.0 Å². The Morgan fingerprint density at radius 1 is 0.396 bits per heavy atom. The van der Waals surface area contributed by atoms with Crippen LogP contribution in [-0.2, 0) is 5.41 Å². The Hall–Kier alpha value is -5.92. The molecule has 0 N–H and O–H groups in total. The highest BCUT2D eigenvalue weighted by molar-refractivity contribution is 6.18. The second kappa shape index (κ2) is 11.1. The minimum absolute atomic E-state index is 0.152. The molecule has 0 saturated carbocycles. The summed E-state index contributed by atoms with van der Waals surface area (Å²) in [7, 11) is 0. The second-order valence-electron chi connectivity index (χ2n) is 13.3. The number of benzene rings is 8. The molecule has 1 heteroatoms. The van der Waals surface area contributed by atoms with Gasteiger partial charge in [-0.2, -0.15) is 0 Å². The van der Waals surface area contributed by atoms with Crippen molar-refractivity contribution in [1.29, 1.82) is 0 Å². The molecule has 0 aliphatic heterocycles. The highest BCUT2D eigenvalue weighted by atomic mass is 15.1. The molecule has 1 nitrogen and oxygen atoms in total. The van der Waals surface area contributed by atoms with E-state index in [0.717, 1.165) is 11.4 Å². The summed E-state index contributed by atoms with van der Waals surface area (Å²) in [6.07, 6.45) is 0. The maximum absolute atomic E-state index is 2.51. The highest BCUT2D eigenvalue weighted by Gasteiger charge is 2.39. The zero-order valence-corrected chi connectivity index (χ0v) is 27.2. The lowest BCUT2D eigenvalue weighted by Gasteiger charge is -2.31. The molecule has 8 aromatic rings. The maximum Gasteiger partial charge on any atom is 0.0621 e. The molecular weight excluding hydrogens is 579 g/mol. The molecule has 0 saturated heterocycles. The van der Waals surface area contributed by atoms with E-state index in [2.05, 4.69) is 195 Å². The summed E-state index contributed by atoms with van der Waals surface area (Å²) in [5.74, 6) is 0. The zero-order chi connectivity index (χ0) is 32.2. The lowest BCUT2D eigenvalue weighted by Crippen LogP contribution is -2.16. The first-order valence-electron chi connectivity index (χ1n) is 16.8. The van der Waals surface area contributed by atoms with Gasteiger partial charge in [-0.05, 0) is 85.4 Å². The van der Waals surface area contributed by atoms with Crippen LogP contribution in [0.4, 0.5) is 17.1 Å². The van der Waals surface area contributed by atoms with Gasteiger partial charge in [-0.25, -0.2) is 0 Å². The Labute approximate surface area is 282 Å². The number of anilines is 3. The molecule has 0 unspecified atom stereocenters. The molecule has 0 amide bonds. The Balaban J connectivity index is 1.42. The summed E-state index contributed by atoms with van der Waals surface area (Å²) in [6.45, 7) is 4.76. The van der Waals surface area contributed by atoms with Gasteiger partial charge in [0.2, 0.25) is 0 Å². The average Bonchev–Trinajstić information content (AvgIpc) is 3.38. The number of nitrogens with zero attached hydrogens (tertiary/aromatic N) is 1. The predicted octanol–water partition coefficient (Wildman–Crippen LogP) is 13.1. The Morgan fingerprint density at radius 3 is 1.77 bits per heavy atom. The van der Waals surface area contributed by atoms with Crippen molar-refractivity contribution in [1.82, 2.24) is 0 Å². The molecule has 0 heterocycles. The van der Waals surface area contributed by atoms with Gasteiger partial charge in [0.1, 0.15) is 0 Å². The van der Waals surface area contributed by atoms with E-state index in [-0.39, 0.29) is 5.41 Å². The molecule has 228 valence electrons. The molecule has 0 fully saturated rings. The monoisotopic (exact) mass is 613 g/mol. The van der Waals surface area contributed by atoms with E-state index < -0.39 is 0 Å². The smallest absolute Gasteiger partial charge is 0.0621 e. The summed E-state index contributed by atoms with van der Waals surface area (Å²) >= 11 is 0. The van der Waals surface area contributed by atoms with Crippen LogP contribution in [0.15, 0.2) is 176 Å². The number of hydrogen-bond acceptors (Lipinski definition) is 1. The molecule has 0 aromatic heterocycles. The summed E-state index contributed by atoms with van der Waals surface area (Å²) in [5, 5.41) is 5.07. The number of rotatable bonds is 5. The third-order valence-electron chi connectivity index (χ3n) is 10.2. The maximum atomic E-state index is 2.51. The molecule has 0 atom stereocenters. The van der Waals surface area contributed by atoms with Crippen molar-refractivity contribution in [3.63, 3.8) is 0 Å². The first-order chi connectivity index (χ1) is 23.6. The first kappa shape index (κ1) is 28.3. The summed E-state index contributed by atoms with van der Waals surface area (Å²) in [6, 6.07) is 64.4. The minimum atomic E-state index is -0.152. The summed E-state index contributed by atoms with van der Waals surface area (Å²) in [5.41, 5.74) is 13.6. The van der Waals surface area contributed by atoms with Crippen LogP contribution in [0.5, 0.6) is 0 Å². The van der Waals surface area contributed by atoms with Crippen LogP contribution in [0, 0.1) is 0 Å². The molecule has 9 rings (SSSR count). The van der Waals surface area contributed by atoms with Crippen LogP contribution < -0.4 is 4.90 Å². The quantitative estimate of drug-likeness (QED) is 0.175. The van der Waals surface area contributed by atoms with Crippen molar-refractivity contribution in [2.24, 2.45) is 0 Å². The Morgan fingerprint density at radius 2 is 1.02 bits per heavy atom. The van der Waals surface area contributed by atoms with Crippen molar-refractivity contribution in [2.45, 2.75) is 19.3 Å². The topological polar surface area (TPSA) is 3.24 Å². The van der Waals surface area contributed by atoms with Gasteiger partial charge in [0.25, 0.3) is 0 Å². The van der Waals surface area contributed by atoms with E-state index in [1.165, 1.54) is 71.7 Å². The van der Waals surface area contributed by atoms with Crippen molar-refractivity contribution in [3.05, 3.63) is 187 Å². The van der Waals surface area contributed by atoms with Gasteiger partial charge in [-0.1, -0.05) is 159 Å². The third-order valence-corrected chi connectivity index (χ3v) is 10.2. The van der Waals surface area contributed by atoms with E-state index in [9.17, 15) is 0 Å². The van der Waals surface area contributed by atoms with Crippen molar-refractivity contribution in [2.75, 3.05) is 4.90 Å². The zero-order valence-electron chi connectivity index (χ0n) is 27.2. The van der Waals surface area contributed by atoms with Crippen LogP contribution in [-0.4, -0.2) is 0 Å². The van der Waals surface area contributed by atoms with Gasteiger partial charge in [0.05, 0.1) is 5.69 Å². The standard InChI is InChI=1S/C47H35N/c1-47(2)43-25-15-14-24-40(43)45-44(47)31-42-37-23-13-12-20-34(37)26-28-39(42)46(45)48(35-21-10-5-11-22-35)36-27-29-38(32-16-6-3-7-17-32)41(30-36)33-18-8-4-9-19-33/h3-31H,1-2H3. The molecule has 0 spiro atoms. The van der Waals surface area contributed by atoms with Crippen molar-refractivity contribution < 1.29 is 0 Å². The molecule has 0 bridgehead atoms. The fraction of sp³-hybridized carbons (Fsp3) is 0.0638. The van der Waals surface area contributed by atoms with Gasteiger partial charge in [0, 0.05) is 27.7 Å². The largest absolute Gasteiger partial charge is 0.309 e. The third kappa shape index (κ3) is 4.39. The normalized spacial score (nSPS) is 13.0.